The molecule has 0 saturated heterocycles. The molecule has 2 rings (SSSR count). The lowest BCUT2D eigenvalue weighted by atomic mass is 10.2. The summed E-state index contributed by atoms with van der Waals surface area (Å²) in [4.78, 5) is 31.1. The Kier molecular flexibility index (Phi) is 9.53. The fraction of sp³-hybridized carbons (Fsp3) is 0.417. The Morgan fingerprint density at radius 2 is 1.92 bits per heavy atom. The van der Waals surface area contributed by atoms with Gasteiger partial charge in [-0.3, -0.25) is 0 Å². The molecule has 0 radical (unpaired) electrons. The fourth-order valence-electron chi connectivity index (χ4n) is 1.77. The van der Waals surface area contributed by atoms with E-state index in [2.05, 4.69) is 14.5 Å². The molecule has 9 nitrogen and oxygen atoms in total. The third kappa shape index (κ3) is 8.11. The van der Waals surface area contributed by atoms with E-state index in [-0.39, 0.29) is 19.0 Å². The van der Waals surface area contributed by atoms with E-state index in [1.165, 1.54) is 4.88 Å². The minimum atomic E-state index is -4.64. The maximum Gasteiger partial charge on any atom is 0.466 e. The van der Waals surface area contributed by atoms with Crippen molar-refractivity contribution in [2.75, 3.05) is 12.3 Å². The highest BCUT2D eigenvalue weighted by molar-refractivity contribution is 7.45. The van der Waals surface area contributed by atoms with Gasteiger partial charge < -0.3 is 25.5 Å². The largest absolute Gasteiger partial charge is 0.466 e. The lowest BCUT2D eigenvalue weighted by Crippen LogP contribution is -2.35. The Balaban J connectivity index is 0.000000777. The molecule has 0 aliphatic carbocycles. The van der Waals surface area contributed by atoms with E-state index in [4.69, 9.17) is 30.1 Å². The van der Waals surface area contributed by atoms with Crippen molar-refractivity contribution < 1.29 is 28.9 Å². The second-order valence-corrected chi connectivity index (χ2v) is 6.64. The zero-order chi connectivity index (χ0) is 17.6. The Hall–Kier alpha value is -1.13. The molecule has 12 heteroatoms. The van der Waals surface area contributed by atoms with E-state index in [0.717, 1.165) is 11.3 Å². The summed E-state index contributed by atoms with van der Waals surface area (Å²) < 4.78 is 11.0. The smallest absolute Gasteiger partial charge is 0.396 e. The molecular formula is C12H21ClN4O5PS+. The number of phosphoric acid groups is 1. The van der Waals surface area contributed by atoms with Crippen LogP contribution in [-0.4, -0.2) is 36.4 Å². The summed E-state index contributed by atoms with van der Waals surface area (Å²) in [5, 5.41) is 8.98. The molecule has 0 bridgehead atoms. The van der Waals surface area contributed by atoms with E-state index < -0.39 is 7.82 Å². The normalized spacial score (nSPS) is 10.6. The van der Waals surface area contributed by atoms with Gasteiger partial charge in [0.25, 0.3) is 0 Å². The number of hydrogen-bond donors (Lipinski definition) is 5. The molecule has 0 aliphatic heterocycles. The number of anilines is 1. The van der Waals surface area contributed by atoms with Crippen molar-refractivity contribution >= 4 is 37.4 Å². The first-order valence-corrected chi connectivity index (χ1v) is 8.99. The first-order valence-electron chi connectivity index (χ1n) is 6.55. The predicted molar refractivity (Wildman–Crippen MR) is 91.8 cm³/mol. The molecule has 2 aromatic heterocycles. The van der Waals surface area contributed by atoms with Gasteiger partial charge in [-0.1, -0.05) is 11.3 Å². The molecule has 0 spiro atoms. The van der Waals surface area contributed by atoms with Crippen LogP contribution in [0.25, 0.3) is 0 Å². The van der Waals surface area contributed by atoms with Crippen LogP contribution in [0.5, 0.6) is 0 Å². The molecule has 0 unspecified atom stereocenters. The van der Waals surface area contributed by atoms with Crippen LogP contribution < -0.4 is 10.3 Å². The van der Waals surface area contributed by atoms with E-state index in [1.807, 2.05) is 19.4 Å². The Labute approximate surface area is 149 Å². The van der Waals surface area contributed by atoms with Crippen LogP contribution in [0.3, 0.4) is 0 Å². The van der Waals surface area contributed by atoms with Gasteiger partial charge in [0, 0.05) is 26.1 Å². The molecule has 0 amide bonds. The van der Waals surface area contributed by atoms with E-state index in [0.29, 0.717) is 24.6 Å². The van der Waals surface area contributed by atoms with Crippen molar-refractivity contribution in [2.45, 2.75) is 26.8 Å². The van der Waals surface area contributed by atoms with Crippen LogP contribution >= 0.6 is 31.6 Å². The van der Waals surface area contributed by atoms with E-state index in [9.17, 15) is 0 Å². The number of aromatic nitrogens is 3. The molecule has 2 aromatic rings. The number of nitrogen functional groups attached to an aromatic ring is 1. The molecule has 2 heterocycles. The highest BCUT2D eigenvalue weighted by Gasteiger charge is 2.16. The number of hydrogen-bond acceptors (Lipinski definition) is 6. The highest BCUT2D eigenvalue weighted by Crippen LogP contribution is 2.25. The van der Waals surface area contributed by atoms with Gasteiger partial charge in [-0.2, -0.15) is 4.57 Å². The number of halogens is 1. The minimum Gasteiger partial charge on any atom is -0.396 e. The third-order valence-corrected chi connectivity index (χ3v) is 4.00. The van der Waals surface area contributed by atoms with Crippen molar-refractivity contribution in [3.63, 3.8) is 0 Å². The van der Waals surface area contributed by atoms with Crippen LogP contribution in [-0.2, 0) is 17.5 Å². The standard InChI is InChI=1S/C12H17N4OS.ClH.H3O4P/c1-8-11(3-4-17)18-7-16(8)6-10-5-14-9(2)15-12(10)13;;1-5(2,3)4/h5,7,17H,3-4,6H2,1-2H3,(H2,13,14,15);1H;(H3,1,2,3,4)/q+1;;. The van der Waals surface area contributed by atoms with Crippen LogP contribution in [0.1, 0.15) is 22.0 Å². The van der Waals surface area contributed by atoms with Crippen LogP contribution in [0.15, 0.2) is 11.7 Å². The molecule has 24 heavy (non-hydrogen) atoms. The van der Waals surface area contributed by atoms with Gasteiger partial charge >= 0.3 is 7.82 Å². The van der Waals surface area contributed by atoms with Crippen molar-refractivity contribution in [3.8, 4) is 0 Å². The lowest BCUT2D eigenvalue weighted by Gasteiger charge is -2.01. The average molecular weight is 400 g/mol. The van der Waals surface area contributed by atoms with Gasteiger partial charge in [0.15, 0.2) is 12.2 Å². The zero-order valence-electron chi connectivity index (χ0n) is 13.2. The molecule has 0 fully saturated rings. The summed E-state index contributed by atoms with van der Waals surface area (Å²) in [7, 11) is -4.64. The molecule has 136 valence electrons. The number of aliphatic hydroxyl groups is 1. The second-order valence-electron chi connectivity index (χ2n) is 4.67. The zero-order valence-corrected chi connectivity index (χ0v) is 15.7. The molecular weight excluding hydrogens is 379 g/mol. The molecule has 6 N–H and O–H groups in total. The Morgan fingerprint density at radius 1 is 1.33 bits per heavy atom. The maximum atomic E-state index is 8.98. The van der Waals surface area contributed by atoms with E-state index in [1.54, 1.807) is 17.5 Å². The minimum absolute atomic E-state index is 0. The first-order chi connectivity index (χ1) is 10.6. The number of nitrogens with two attached hydrogens (primary N) is 1. The predicted octanol–water partition coefficient (Wildman–Crippen LogP) is 0.101. The van der Waals surface area contributed by atoms with Gasteiger partial charge in [-0.15, -0.1) is 12.4 Å². The first kappa shape index (κ1) is 22.9. The number of thiazole rings is 1. The average Bonchev–Trinajstić information content (AvgIpc) is 2.73. The summed E-state index contributed by atoms with van der Waals surface area (Å²) in [5.74, 6) is 1.22. The third-order valence-electron chi connectivity index (χ3n) is 2.85. The number of aliphatic hydroxyl groups excluding tert-OH is 1. The van der Waals surface area contributed by atoms with Crippen molar-refractivity contribution in [1.82, 2.24) is 9.97 Å². The summed E-state index contributed by atoms with van der Waals surface area (Å²) in [6, 6.07) is 0. The summed E-state index contributed by atoms with van der Waals surface area (Å²) in [6.45, 7) is 4.71. The van der Waals surface area contributed by atoms with Crippen molar-refractivity contribution in [2.24, 2.45) is 0 Å². The molecule has 0 atom stereocenters. The van der Waals surface area contributed by atoms with Gasteiger partial charge in [0.05, 0.1) is 10.4 Å². The second kappa shape index (κ2) is 10.00. The lowest BCUT2D eigenvalue weighted by molar-refractivity contribution is -0.689. The van der Waals surface area contributed by atoms with Gasteiger partial charge in [0.1, 0.15) is 11.6 Å². The topological polar surface area (TPSA) is 154 Å². The Bertz CT molecular complexity index is 700. The van der Waals surface area contributed by atoms with Crippen LogP contribution in [0, 0.1) is 13.8 Å². The SMILES string of the molecule is Cc1ncc(C[n+]2csc(CCO)c2C)c(N)n1.Cl.O=P(O)(O)O. The maximum absolute atomic E-state index is 8.98. The summed E-state index contributed by atoms with van der Waals surface area (Å²) in [5.41, 5.74) is 10.0. The number of rotatable bonds is 4. The van der Waals surface area contributed by atoms with Crippen LogP contribution in [0.2, 0.25) is 0 Å². The summed E-state index contributed by atoms with van der Waals surface area (Å²) >= 11 is 1.65. The quantitative estimate of drug-likeness (QED) is 0.358. The number of aryl methyl sites for hydroxylation is 1. The Morgan fingerprint density at radius 3 is 2.42 bits per heavy atom. The van der Waals surface area contributed by atoms with E-state index >= 15 is 0 Å². The van der Waals surface area contributed by atoms with Crippen molar-refractivity contribution in [3.05, 3.63) is 33.7 Å². The van der Waals surface area contributed by atoms with Gasteiger partial charge in [0.2, 0.25) is 5.51 Å². The number of nitrogens with zero attached hydrogens (tertiary/aromatic N) is 3. The van der Waals surface area contributed by atoms with Gasteiger partial charge in [-0.25, -0.2) is 14.5 Å². The molecule has 0 aromatic carbocycles. The summed E-state index contributed by atoms with van der Waals surface area (Å²) in [6.07, 6.45) is 2.47. The van der Waals surface area contributed by atoms with Crippen molar-refractivity contribution in [1.29, 1.82) is 0 Å². The highest BCUT2D eigenvalue weighted by atomic mass is 35.5. The fourth-order valence-corrected chi connectivity index (χ4v) is 2.75. The monoisotopic (exact) mass is 399 g/mol. The van der Waals surface area contributed by atoms with Gasteiger partial charge in [-0.05, 0) is 6.92 Å². The molecule has 0 aliphatic rings. The van der Waals surface area contributed by atoms with Crippen LogP contribution in [0.4, 0.5) is 5.82 Å². The molecule has 0 saturated carbocycles.